The van der Waals surface area contributed by atoms with Crippen molar-refractivity contribution in [3.05, 3.63) is 94.3 Å². The van der Waals surface area contributed by atoms with Crippen LogP contribution in [0.1, 0.15) is 27.9 Å². The molecular weight excluding hydrogens is 419 g/mol. The van der Waals surface area contributed by atoms with Crippen LogP contribution in [0, 0.1) is 5.82 Å². The lowest BCUT2D eigenvalue weighted by atomic mass is 10.0. The standard InChI is InChI=1S/C24H22ClFN2O3/c1-31-22-10-8-19(14-17(22)13-16-5-3-2-4-6-16)28-23(29)11-12-27-24(30)20-9-7-18(26)15-21(20)25/h2-10,14-15H,11-13H2,1H3,(H,27,30)(H,28,29). The van der Waals surface area contributed by atoms with Crippen LogP contribution in [0.25, 0.3) is 0 Å². The van der Waals surface area contributed by atoms with Gasteiger partial charge in [0.2, 0.25) is 5.91 Å². The molecule has 2 amide bonds. The summed E-state index contributed by atoms with van der Waals surface area (Å²) in [5.41, 5.74) is 2.88. The Hall–Kier alpha value is -3.38. The largest absolute Gasteiger partial charge is 0.496 e. The van der Waals surface area contributed by atoms with E-state index >= 15 is 0 Å². The zero-order chi connectivity index (χ0) is 22.2. The first-order valence-electron chi connectivity index (χ1n) is 9.70. The van der Waals surface area contributed by atoms with Crippen molar-refractivity contribution in [2.45, 2.75) is 12.8 Å². The van der Waals surface area contributed by atoms with Crippen molar-refractivity contribution < 1.29 is 18.7 Å². The summed E-state index contributed by atoms with van der Waals surface area (Å²) in [6.07, 6.45) is 0.743. The van der Waals surface area contributed by atoms with E-state index < -0.39 is 11.7 Å². The van der Waals surface area contributed by atoms with Gasteiger partial charge in [-0.3, -0.25) is 9.59 Å². The number of carbonyl (C=O) groups excluding carboxylic acids is 2. The van der Waals surface area contributed by atoms with Gasteiger partial charge in [-0.25, -0.2) is 4.39 Å². The van der Waals surface area contributed by atoms with Gasteiger partial charge in [-0.1, -0.05) is 41.9 Å². The molecule has 5 nitrogen and oxygen atoms in total. The SMILES string of the molecule is COc1ccc(NC(=O)CCNC(=O)c2ccc(F)cc2Cl)cc1Cc1ccccc1. The van der Waals surface area contributed by atoms with Gasteiger partial charge in [0.15, 0.2) is 0 Å². The highest BCUT2D eigenvalue weighted by atomic mass is 35.5. The molecule has 0 aliphatic rings. The van der Waals surface area contributed by atoms with E-state index in [0.717, 1.165) is 29.0 Å². The van der Waals surface area contributed by atoms with Crippen LogP contribution in [-0.4, -0.2) is 25.5 Å². The number of nitrogens with one attached hydrogen (secondary N) is 2. The maximum Gasteiger partial charge on any atom is 0.252 e. The lowest BCUT2D eigenvalue weighted by molar-refractivity contribution is -0.116. The molecule has 3 rings (SSSR count). The van der Waals surface area contributed by atoms with Crippen molar-refractivity contribution >= 4 is 29.1 Å². The van der Waals surface area contributed by atoms with E-state index in [1.54, 1.807) is 13.2 Å². The number of rotatable bonds is 8. The summed E-state index contributed by atoms with van der Waals surface area (Å²) in [5.74, 6) is -0.494. The second-order valence-corrected chi connectivity index (χ2v) is 7.27. The van der Waals surface area contributed by atoms with E-state index in [4.69, 9.17) is 16.3 Å². The first-order valence-corrected chi connectivity index (χ1v) is 10.1. The predicted molar refractivity (Wildman–Crippen MR) is 119 cm³/mol. The van der Waals surface area contributed by atoms with Crippen molar-refractivity contribution in [1.82, 2.24) is 5.32 Å². The summed E-state index contributed by atoms with van der Waals surface area (Å²) in [4.78, 5) is 24.4. The minimum absolute atomic E-state index is 0.0196. The molecule has 3 aromatic carbocycles. The number of hydrogen-bond donors (Lipinski definition) is 2. The molecule has 0 atom stereocenters. The number of anilines is 1. The van der Waals surface area contributed by atoms with Crippen LogP contribution >= 0.6 is 11.6 Å². The highest BCUT2D eigenvalue weighted by molar-refractivity contribution is 6.33. The molecular formula is C24H22ClFN2O3. The minimum atomic E-state index is -0.521. The maximum absolute atomic E-state index is 13.1. The fourth-order valence-electron chi connectivity index (χ4n) is 3.09. The van der Waals surface area contributed by atoms with E-state index in [1.165, 1.54) is 6.07 Å². The van der Waals surface area contributed by atoms with Gasteiger partial charge in [-0.2, -0.15) is 0 Å². The first kappa shape index (κ1) is 22.3. The molecule has 0 fully saturated rings. The summed E-state index contributed by atoms with van der Waals surface area (Å²) in [5, 5.41) is 5.46. The zero-order valence-corrected chi connectivity index (χ0v) is 17.7. The van der Waals surface area contributed by atoms with Gasteiger partial charge in [0.25, 0.3) is 5.91 Å². The third-order valence-corrected chi connectivity index (χ3v) is 4.93. The smallest absolute Gasteiger partial charge is 0.252 e. The Balaban J connectivity index is 1.56. The lowest BCUT2D eigenvalue weighted by Gasteiger charge is -2.12. The maximum atomic E-state index is 13.1. The predicted octanol–water partition coefficient (Wildman–Crippen LogP) is 4.84. The van der Waals surface area contributed by atoms with Crippen molar-refractivity contribution in [1.29, 1.82) is 0 Å². The molecule has 160 valence electrons. The number of benzene rings is 3. The van der Waals surface area contributed by atoms with Crippen molar-refractivity contribution in [2.75, 3.05) is 19.0 Å². The average molecular weight is 441 g/mol. The van der Waals surface area contributed by atoms with Gasteiger partial charge in [0.1, 0.15) is 11.6 Å². The number of hydrogen-bond acceptors (Lipinski definition) is 3. The molecule has 0 unspecified atom stereocenters. The number of methoxy groups -OCH3 is 1. The lowest BCUT2D eigenvalue weighted by Crippen LogP contribution is -2.28. The van der Waals surface area contributed by atoms with E-state index in [-0.39, 0.29) is 29.5 Å². The monoisotopic (exact) mass is 440 g/mol. The summed E-state index contributed by atoms with van der Waals surface area (Å²) in [6, 6.07) is 18.9. The first-order chi connectivity index (χ1) is 15.0. The van der Waals surface area contributed by atoms with Crippen LogP contribution in [0.2, 0.25) is 5.02 Å². The van der Waals surface area contributed by atoms with Gasteiger partial charge in [0.05, 0.1) is 17.7 Å². The topological polar surface area (TPSA) is 67.4 Å². The van der Waals surface area contributed by atoms with Gasteiger partial charge < -0.3 is 15.4 Å². The molecule has 0 spiro atoms. The summed E-state index contributed by atoms with van der Waals surface area (Å²) >= 11 is 5.88. The third kappa shape index (κ3) is 6.30. The molecule has 31 heavy (non-hydrogen) atoms. The molecule has 0 bridgehead atoms. The Morgan fingerprint density at radius 3 is 2.52 bits per heavy atom. The van der Waals surface area contributed by atoms with Crippen molar-refractivity contribution in [3.63, 3.8) is 0 Å². The van der Waals surface area contributed by atoms with Gasteiger partial charge in [-0.05, 0) is 42.0 Å². The molecule has 2 N–H and O–H groups in total. The molecule has 7 heteroatoms. The van der Waals surface area contributed by atoms with Gasteiger partial charge >= 0.3 is 0 Å². The summed E-state index contributed by atoms with van der Waals surface area (Å²) in [6.45, 7) is 0.116. The quantitative estimate of drug-likeness (QED) is 0.526. The Morgan fingerprint density at radius 2 is 1.81 bits per heavy atom. The van der Waals surface area contributed by atoms with E-state index in [0.29, 0.717) is 12.1 Å². The molecule has 0 aromatic heterocycles. The van der Waals surface area contributed by atoms with Crippen molar-refractivity contribution in [3.8, 4) is 5.75 Å². The van der Waals surface area contributed by atoms with Crippen molar-refractivity contribution in [2.24, 2.45) is 0 Å². The second kappa shape index (κ2) is 10.6. The Labute approximate surface area is 185 Å². The Morgan fingerprint density at radius 1 is 1.03 bits per heavy atom. The van der Waals surface area contributed by atoms with E-state index in [1.807, 2.05) is 42.5 Å². The molecule has 0 aliphatic heterocycles. The summed E-state index contributed by atoms with van der Waals surface area (Å²) < 4.78 is 18.5. The van der Waals surface area contributed by atoms with Gasteiger partial charge in [-0.15, -0.1) is 0 Å². The Bertz CT molecular complexity index is 1070. The highest BCUT2D eigenvalue weighted by Gasteiger charge is 2.12. The number of halogens is 2. The zero-order valence-electron chi connectivity index (χ0n) is 17.0. The Kier molecular flexibility index (Phi) is 7.62. The molecule has 3 aromatic rings. The number of ether oxygens (including phenoxy) is 1. The van der Waals surface area contributed by atoms with Crippen LogP contribution in [0.4, 0.5) is 10.1 Å². The third-order valence-electron chi connectivity index (χ3n) is 4.61. The van der Waals surface area contributed by atoms with Gasteiger partial charge in [0, 0.05) is 30.6 Å². The second-order valence-electron chi connectivity index (χ2n) is 6.87. The van der Waals surface area contributed by atoms with E-state index in [2.05, 4.69) is 10.6 Å². The summed E-state index contributed by atoms with van der Waals surface area (Å²) in [7, 11) is 1.61. The van der Waals surface area contributed by atoms with Crippen LogP contribution in [0.5, 0.6) is 5.75 Å². The molecule has 0 aliphatic carbocycles. The van der Waals surface area contributed by atoms with Crippen LogP contribution < -0.4 is 15.4 Å². The average Bonchev–Trinajstić information content (AvgIpc) is 2.74. The van der Waals surface area contributed by atoms with Crippen LogP contribution in [0.15, 0.2) is 66.7 Å². The highest BCUT2D eigenvalue weighted by Crippen LogP contribution is 2.25. The number of carbonyl (C=O) groups is 2. The molecule has 0 radical (unpaired) electrons. The molecule has 0 saturated carbocycles. The fraction of sp³-hybridized carbons (Fsp3) is 0.167. The van der Waals surface area contributed by atoms with Crippen LogP contribution in [0.3, 0.4) is 0 Å². The normalized spacial score (nSPS) is 10.4. The molecule has 0 heterocycles. The fourth-order valence-corrected chi connectivity index (χ4v) is 3.35. The van der Waals surface area contributed by atoms with Crippen LogP contribution in [-0.2, 0) is 11.2 Å². The molecule has 0 saturated heterocycles. The minimum Gasteiger partial charge on any atom is -0.496 e. The van der Waals surface area contributed by atoms with E-state index in [9.17, 15) is 14.0 Å². The number of amides is 2.